The lowest BCUT2D eigenvalue weighted by atomic mass is 10.1. The highest BCUT2D eigenvalue weighted by atomic mass is 79.9. The van der Waals surface area contributed by atoms with Gasteiger partial charge in [0.2, 0.25) is 5.91 Å². The van der Waals surface area contributed by atoms with E-state index in [-0.39, 0.29) is 5.91 Å². The molecule has 1 N–H and O–H groups in total. The van der Waals surface area contributed by atoms with E-state index in [2.05, 4.69) is 56.5 Å². The summed E-state index contributed by atoms with van der Waals surface area (Å²) in [5.74, 6) is 0.0503. The summed E-state index contributed by atoms with van der Waals surface area (Å²) >= 11 is 3.45. The molecule has 1 aliphatic heterocycles. The van der Waals surface area contributed by atoms with Gasteiger partial charge in [0.25, 0.3) is 0 Å². The first-order valence-corrected chi connectivity index (χ1v) is 8.98. The van der Waals surface area contributed by atoms with Crippen LogP contribution < -0.4 is 5.32 Å². The lowest BCUT2D eigenvalue weighted by molar-refractivity contribution is -0.117. The first-order chi connectivity index (χ1) is 11.7. The molecule has 0 saturated carbocycles. The molecule has 0 atom stereocenters. The zero-order chi connectivity index (χ0) is 16.8. The molecule has 2 aromatic carbocycles. The van der Waals surface area contributed by atoms with E-state index >= 15 is 0 Å². The molecule has 0 aromatic heterocycles. The van der Waals surface area contributed by atoms with E-state index in [1.807, 2.05) is 30.3 Å². The molecular formula is C20H21BrN2O. The largest absolute Gasteiger partial charge is 0.348 e. The normalized spacial score (nSPS) is 15.0. The minimum atomic E-state index is 0.0503. The van der Waals surface area contributed by atoms with Crippen LogP contribution >= 0.6 is 15.9 Å². The van der Waals surface area contributed by atoms with Gasteiger partial charge in [0.05, 0.1) is 0 Å². The lowest BCUT2D eigenvalue weighted by Gasteiger charge is -2.26. The van der Waals surface area contributed by atoms with Gasteiger partial charge in [0.1, 0.15) is 0 Å². The molecular weight excluding hydrogens is 364 g/mol. The van der Waals surface area contributed by atoms with Crippen LogP contribution in [0.4, 0.5) is 0 Å². The third-order valence-electron chi connectivity index (χ3n) is 4.18. The van der Waals surface area contributed by atoms with Crippen molar-refractivity contribution in [1.82, 2.24) is 10.2 Å². The maximum atomic E-state index is 12.3. The topological polar surface area (TPSA) is 32.3 Å². The van der Waals surface area contributed by atoms with Crippen molar-refractivity contribution in [2.24, 2.45) is 0 Å². The van der Waals surface area contributed by atoms with Crippen LogP contribution in [0, 0.1) is 0 Å². The molecule has 0 radical (unpaired) electrons. The number of carbonyl (C=O) groups is 1. The summed E-state index contributed by atoms with van der Waals surface area (Å²) in [4.78, 5) is 14.7. The van der Waals surface area contributed by atoms with Crippen LogP contribution in [-0.2, 0) is 17.9 Å². The highest BCUT2D eigenvalue weighted by Gasteiger charge is 2.16. The van der Waals surface area contributed by atoms with Crippen molar-refractivity contribution >= 4 is 21.8 Å². The average molecular weight is 385 g/mol. The van der Waals surface area contributed by atoms with E-state index in [4.69, 9.17) is 0 Å². The Balaban J connectivity index is 1.50. The number of halogens is 1. The maximum absolute atomic E-state index is 12.3. The quantitative estimate of drug-likeness (QED) is 0.847. The summed E-state index contributed by atoms with van der Waals surface area (Å²) in [6.45, 7) is 3.24. The van der Waals surface area contributed by atoms with Gasteiger partial charge in [-0.1, -0.05) is 64.5 Å². The Bertz CT molecular complexity index is 727. The van der Waals surface area contributed by atoms with Crippen LogP contribution in [0.5, 0.6) is 0 Å². The minimum absolute atomic E-state index is 0.0503. The van der Waals surface area contributed by atoms with Crippen LogP contribution in [0.1, 0.15) is 17.5 Å². The van der Waals surface area contributed by atoms with Crippen LogP contribution in [-0.4, -0.2) is 23.9 Å². The number of hydrogen-bond acceptors (Lipinski definition) is 2. The molecule has 24 heavy (non-hydrogen) atoms. The molecule has 0 fully saturated rings. The zero-order valence-corrected chi connectivity index (χ0v) is 15.1. The lowest BCUT2D eigenvalue weighted by Crippen LogP contribution is -2.33. The van der Waals surface area contributed by atoms with Gasteiger partial charge in [-0.15, -0.1) is 0 Å². The van der Waals surface area contributed by atoms with E-state index in [1.165, 1.54) is 5.56 Å². The molecule has 0 saturated heterocycles. The predicted octanol–water partition coefficient (Wildman–Crippen LogP) is 3.90. The molecule has 3 nitrogen and oxygen atoms in total. The van der Waals surface area contributed by atoms with Crippen molar-refractivity contribution in [3.63, 3.8) is 0 Å². The molecule has 1 amide bonds. The van der Waals surface area contributed by atoms with Crippen LogP contribution in [0.2, 0.25) is 0 Å². The van der Waals surface area contributed by atoms with Crippen LogP contribution in [0.3, 0.4) is 0 Å². The van der Waals surface area contributed by atoms with Gasteiger partial charge in [-0.25, -0.2) is 0 Å². The first kappa shape index (κ1) is 16.9. The summed E-state index contributed by atoms with van der Waals surface area (Å²) in [7, 11) is 0. The van der Waals surface area contributed by atoms with E-state index < -0.39 is 0 Å². The average Bonchev–Trinajstić information content (AvgIpc) is 2.61. The fourth-order valence-corrected chi connectivity index (χ4v) is 3.29. The standard InChI is InChI=1S/C20H21BrN2O/c21-19-8-4-7-17(13-19)14-22-20(24)18-9-11-23(12-10-18)15-16-5-2-1-3-6-16/h1-9,13H,10-12,14-15H2,(H,22,24). The van der Waals surface area contributed by atoms with Crippen molar-refractivity contribution in [3.05, 3.63) is 81.8 Å². The smallest absolute Gasteiger partial charge is 0.247 e. The maximum Gasteiger partial charge on any atom is 0.247 e. The van der Waals surface area contributed by atoms with Gasteiger partial charge >= 0.3 is 0 Å². The molecule has 1 heterocycles. The molecule has 0 spiro atoms. The Kier molecular flexibility index (Phi) is 5.83. The summed E-state index contributed by atoms with van der Waals surface area (Å²) in [6, 6.07) is 18.5. The summed E-state index contributed by atoms with van der Waals surface area (Å²) in [5.41, 5.74) is 3.31. The molecule has 1 aliphatic rings. The number of nitrogens with zero attached hydrogens (tertiary/aromatic N) is 1. The van der Waals surface area contributed by atoms with E-state index in [1.54, 1.807) is 0 Å². The van der Waals surface area contributed by atoms with Crippen molar-refractivity contribution in [3.8, 4) is 0 Å². The zero-order valence-electron chi connectivity index (χ0n) is 13.5. The van der Waals surface area contributed by atoms with Gasteiger partial charge in [-0.3, -0.25) is 9.69 Å². The Hall–Kier alpha value is -1.91. The van der Waals surface area contributed by atoms with E-state index in [9.17, 15) is 4.79 Å². The third kappa shape index (κ3) is 4.79. The number of carbonyl (C=O) groups excluding carboxylic acids is 1. The number of rotatable bonds is 5. The number of amides is 1. The summed E-state index contributed by atoms with van der Waals surface area (Å²) in [5, 5.41) is 3.01. The van der Waals surface area contributed by atoms with Crippen molar-refractivity contribution in [2.45, 2.75) is 19.5 Å². The molecule has 0 unspecified atom stereocenters. The van der Waals surface area contributed by atoms with Gasteiger partial charge < -0.3 is 5.32 Å². The fourth-order valence-electron chi connectivity index (χ4n) is 2.85. The molecule has 3 rings (SSSR count). The second-order valence-corrected chi connectivity index (χ2v) is 6.93. The SMILES string of the molecule is O=C(NCc1cccc(Br)c1)C1=CCN(Cc2ccccc2)CC1. The molecule has 124 valence electrons. The highest BCUT2D eigenvalue weighted by Crippen LogP contribution is 2.15. The van der Waals surface area contributed by atoms with Crippen molar-refractivity contribution in [2.75, 3.05) is 13.1 Å². The number of benzene rings is 2. The van der Waals surface area contributed by atoms with Gasteiger partial charge in [-0.2, -0.15) is 0 Å². The summed E-state index contributed by atoms with van der Waals surface area (Å²) in [6.07, 6.45) is 2.86. The van der Waals surface area contributed by atoms with E-state index in [0.29, 0.717) is 6.54 Å². The summed E-state index contributed by atoms with van der Waals surface area (Å²) < 4.78 is 1.03. The van der Waals surface area contributed by atoms with Crippen molar-refractivity contribution < 1.29 is 4.79 Å². The molecule has 0 bridgehead atoms. The Morgan fingerprint density at radius 1 is 1.08 bits per heavy atom. The van der Waals surface area contributed by atoms with Crippen LogP contribution in [0.15, 0.2) is 70.7 Å². The highest BCUT2D eigenvalue weighted by molar-refractivity contribution is 9.10. The Morgan fingerprint density at radius 3 is 2.58 bits per heavy atom. The van der Waals surface area contributed by atoms with Gasteiger partial charge in [0, 0.05) is 36.2 Å². The number of hydrogen-bond donors (Lipinski definition) is 1. The fraction of sp³-hybridized carbons (Fsp3) is 0.250. The van der Waals surface area contributed by atoms with Crippen molar-refractivity contribution in [1.29, 1.82) is 0 Å². The first-order valence-electron chi connectivity index (χ1n) is 8.18. The molecule has 2 aromatic rings. The predicted molar refractivity (Wildman–Crippen MR) is 100 cm³/mol. The minimum Gasteiger partial charge on any atom is -0.348 e. The second-order valence-electron chi connectivity index (χ2n) is 6.01. The Morgan fingerprint density at radius 2 is 1.88 bits per heavy atom. The number of nitrogens with one attached hydrogen (secondary N) is 1. The monoisotopic (exact) mass is 384 g/mol. The molecule has 4 heteroatoms. The van der Waals surface area contributed by atoms with Gasteiger partial charge in [-0.05, 0) is 29.7 Å². The van der Waals surface area contributed by atoms with Gasteiger partial charge in [0.15, 0.2) is 0 Å². The second kappa shape index (κ2) is 8.27. The van der Waals surface area contributed by atoms with Crippen LogP contribution in [0.25, 0.3) is 0 Å². The third-order valence-corrected chi connectivity index (χ3v) is 4.67. The molecule has 0 aliphatic carbocycles. The Labute approximate surface area is 151 Å². The van der Waals surface area contributed by atoms with E-state index in [0.717, 1.165) is 41.7 Å².